The molecule has 4 amide bonds. The number of fused-ring (bicyclic) bond motifs is 1. The predicted molar refractivity (Wildman–Crippen MR) is 143 cm³/mol. The van der Waals surface area contributed by atoms with Crippen LogP contribution in [0.1, 0.15) is 70.3 Å². The molecule has 2 aliphatic carbocycles. The van der Waals surface area contributed by atoms with Crippen molar-refractivity contribution < 1.29 is 19.2 Å². The number of rotatable bonds is 9. The summed E-state index contributed by atoms with van der Waals surface area (Å²) in [5.41, 5.74) is 0.747. The number of carbonyl (C=O) groups excluding carboxylic acids is 4. The van der Waals surface area contributed by atoms with Crippen LogP contribution in [0.15, 0.2) is 30.4 Å². The van der Waals surface area contributed by atoms with Gasteiger partial charge in [-0.25, -0.2) is 0 Å². The Balaban J connectivity index is 1.49. The van der Waals surface area contributed by atoms with Crippen LogP contribution in [0, 0.1) is 11.8 Å². The topological polar surface area (TPSA) is 86.8 Å². The zero-order valence-corrected chi connectivity index (χ0v) is 22.8. The Hall–Kier alpha value is -2.38. The van der Waals surface area contributed by atoms with Gasteiger partial charge in [-0.2, -0.15) is 0 Å². The minimum Gasteiger partial charge on any atom is -0.352 e. The van der Waals surface area contributed by atoms with Gasteiger partial charge in [-0.15, -0.1) is 0 Å². The van der Waals surface area contributed by atoms with E-state index in [4.69, 9.17) is 23.2 Å². The predicted octanol–water partition coefficient (Wildman–Crippen LogP) is 4.89. The molecule has 7 nitrogen and oxygen atoms in total. The van der Waals surface area contributed by atoms with Crippen LogP contribution < -0.4 is 5.32 Å². The van der Waals surface area contributed by atoms with Crippen LogP contribution in [0.4, 0.5) is 0 Å². The first-order valence-corrected chi connectivity index (χ1v) is 14.1. The van der Waals surface area contributed by atoms with Gasteiger partial charge in [-0.05, 0) is 49.8 Å². The zero-order valence-electron chi connectivity index (χ0n) is 21.3. The molecule has 0 spiro atoms. The van der Waals surface area contributed by atoms with E-state index in [0.717, 1.165) is 31.2 Å². The Bertz CT molecular complexity index is 1040. The van der Waals surface area contributed by atoms with E-state index < -0.39 is 6.04 Å². The van der Waals surface area contributed by atoms with Crippen molar-refractivity contribution in [2.24, 2.45) is 11.8 Å². The first-order chi connectivity index (χ1) is 17.8. The standard InChI is InChI=1S/C28H35Cl2N3O4/c1-2-24(26(35)31-19-8-4-3-5-9-19)33(17-18-12-13-22(29)23(30)16-18)25(34)14-15-32-27(36)20-10-6-7-11-21(20)28(32)37/h6-7,12-13,16,19-21,24H,2-5,8-11,14-15,17H2,1H3,(H,31,35)/t20-,21+,24?. The number of nitrogens with zero attached hydrogens (tertiary/aromatic N) is 2. The molecule has 1 saturated heterocycles. The normalized spacial score (nSPS) is 22.6. The highest BCUT2D eigenvalue weighted by Gasteiger charge is 2.47. The number of halogens is 2. The SMILES string of the molecule is CCC(C(=O)NC1CCCCC1)N(Cc1ccc(Cl)c(Cl)c1)C(=O)CCN1C(=O)[C@H]2CC=CC[C@H]2C1=O. The maximum Gasteiger partial charge on any atom is 0.243 e. The Morgan fingerprint density at radius 3 is 2.27 bits per heavy atom. The second-order valence-electron chi connectivity index (χ2n) is 10.3. The number of nitrogens with one attached hydrogen (secondary N) is 1. The summed E-state index contributed by atoms with van der Waals surface area (Å²) in [4.78, 5) is 55.5. The van der Waals surface area contributed by atoms with Gasteiger partial charge in [0.1, 0.15) is 6.04 Å². The first-order valence-electron chi connectivity index (χ1n) is 13.3. The second kappa shape index (κ2) is 12.4. The Kier molecular flexibility index (Phi) is 9.30. The number of amides is 4. The third-order valence-electron chi connectivity index (χ3n) is 7.82. The minimum atomic E-state index is -0.680. The van der Waals surface area contributed by atoms with Gasteiger partial charge in [-0.3, -0.25) is 24.1 Å². The summed E-state index contributed by atoms with van der Waals surface area (Å²) >= 11 is 12.3. The molecule has 0 radical (unpaired) electrons. The number of hydrogen-bond acceptors (Lipinski definition) is 4. The molecule has 0 aromatic heterocycles. The lowest BCUT2D eigenvalue weighted by Crippen LogP contribution is -2.52. The van der Waals surface area contributed by atoms with Crippen molar-refractivity contribution in [2.45, 2.75) is 83.3 Å². The largest absolute Gasteiger partial charge is 0.352 e. The molecule has 3 aliphatic rings. The molecule has 4 rings (SSSR count). The first kappa shape index (κ1) is 27.6. The van der Waals surface area contributed by atoms with Gasteiger partial charge in [0, 0.05) is 25.6 Å². The summed E-state index contributed by atoms with van der Waals surface area (Å²) in [5, 5.41) is 3.93. The summed E-state index contributed by atoms with van der Waals surface area (Å²) < 4.78 is 0. The Labute approximate surface area is 228 Å². The highest BCUT2D eigenvalue weighted by atomic mass is 35.5. The number of hydrogen-bond donors (Lipinski definition) is 1. The van der Waals surface area contributed by atoms with Crippen molar-refractivity contribution in [2.75, 3.05) is 6.54 Å². The molecule has 3 atom stereocenters. The van der Waals surface area contributed by atoms with Crippen LogP contribution >= 0.6 is 23.2 Å². The molecule has 200 valence electrons. The van der Waals surface area contributed by atoms with Crippen molar-refractivity contribution in [3.8, 4) is 0 Å². The van der Waals surface area contributed by atoms with Gasteiger partial charge >= 0.3 is 0 Å². The van der Waals surface area contributed by atoms with Crippen molar-refractivity contribution in [3.05, 3.63) is 46.0 Å². The molecule has 1 heterocycles. The maximum absolute atomic E-state index is 13.6. The van der Waals surface area contributed by atoms with E-state index in [9.17, 15) is 19.2 Å². The van der Waals surface area contributed by atoms with Crippen molar-refractivity contribution >= 4 is 46.8 Å². The van der Waals surface area contributed by atoms with Gasteiger partial charge in [0.25, 0.3) is 0 Å². The van der Waals surface area contributed by atoms with E-state index in [1.54, 1.807) is 23.1 Å². The van der Waals surface area contributed by atoms with Crippen LogP contribution in [-0.4, -0.2) is 52.1 Å². The fourth-order valence-corrected chi connectivity index (χ4v) is 6.06. The van der Waals surface area contributed by atoms with E-state index in [2.05, 4.69) is 5.32 Å². The lowest BCUT2D eigenvalue weighted by Gasteiger charge is -2.33. The molecule has 0 bridgehead atoms. The average Bonchev–Trinajstić information content (AvgIpc) is 3.14. The van der Waals surface area contributed by atoms with E-state index >= 15 is 0 Å². The van der Waals surface area contributed by atoms with Crippen LogP contribution in [0.3, 0.4) is 0 Å². The third-order valence-corrected chi connectivity index (χ3v) is 8.56. The van der Waals surface area contributed by atoms with Crippen molar-refractivity contribution in [3.63, 3.8) is 0 Å². The minimum absolute atomic E-state index is 0.0159. The van der Waals surface area contributed by atoms with Crippen LogP contribution in [-0.2, 0) is 25.7 Å². The lowest BCUT2D eigenvalue weighted by molar-refractivity contribution is -0.144. The van der Waals surface area contributed by atoms with Crippen molar-refractivity contribution in [1.29, 1.82) is 0 Å². The molecule has 1 N–H and O–H groups in total. The highest BCUT2D eigenvalue weighted by molar-refractivity contribution is 6.42. The smallest absolute Gasteiger partial charge is 0.243 e. The van der Waals surface area contributed by atoms with Gasteiger partial charge in [-0.1, -0.05) is 67.6 Å². The molecule has 9 heteroatoms. The summed E-state index contributed by atoms with van der Waals surface area (Å²) in [6, 6.07) is 4.59. The molecule has 1 unspecified atom stereocenters. The monoisotopic (exact) mass is 547 g/mol. The molecule has 37 heavy (non-hydrogen) atoms. The maximum atomic E-state index is 13.6. The molecule has 1 aromatic carbocycles. The highest BCUT2D eigenvalue weighted by Crippen LogP contribution is 2.35. The number of allylic oxidation sites excluding steroid dienone is 2. The quantitative estimate of drug-likeness (QED) is 0.352. The zero-order chi connectivity index (χ0) is 26.5. The summed E-state index contributed by atoms with van der Waals surface area (Å²) in [7, 11) is 0. The Morgan fingerprint density at radius 1 is 1.03 bits per heavy atom. The fourth-order valence-electron chi connectivity index (χ4n) is 5.74. The summed E-state index contributed by atoms with van der Waals surface area (Å²) in [5.74, 6) is -1.52. The van der Waals surface area contributed by atoms with Gasteiger partial charge in [0.05, 0.1) is 21.9 Å². The Morgan fingerprint density at radius 2 is 1.68 bits per heavy atom. The van der Waals surface area contributed by atoms with E-state index in [0.29, 0.717) is 29.3 Å². The van der Waals surface area contributed by atoms with Crippen LogP contribution in [0.2, 0.25) is 10.0 Å². The van der Waals surface area contributed by atoms with E-state index in [-0.39, 0.29) is 61.0 Å². The lowest BCUT2D eigenvalue weighted by atomic mass is 9.85. The van der Waals surface area contributed by atoms with Gasteiger partial charge in [0.15, 0.2) is 0 Å². The van der Waals surface area contributed by atoms with Crippen molar-refractivity contribution in [1.82, 2.24) is 15.1 Å². The van der Waals surface area contributed by atoms with E-state index in [1.165, 1.54) is 11.3 Å². The van der Waals surface area contributed by atoms with Crippen LogP contribution in [0.25, 0.3) is 0 Å². The number of carbonyl (C=O) groups is 4. The number of benzene rings is 1. The number of imide groups is 1. The average molecular weight is 549 g/mol. The molecular weight excluding hydrogens is 513 g/mol. The molecular formula is C28H35Cl2N3O4. The fraction of sp³-hybridized carbons (Fsp3) is 0.571. The summed E-state index contributed by atoms with van der Waals surface area (Å²) in [6.07, 6.45) is 10.6. The van der Waals surface area contributed by atoms with Crippen LogP contribution in [0.5, 0.6) is 0 Å². The molecule has 1 aromatic rings. The van der Waals surface area contributed by atoms with E-state index in [1.807, 2.05) is 19.1 Å². The molecule has 2 fully saturated rings. The number of likely N-dealkylation sites (tertiary alicyclic amines) is 1. The molecule has 1 aliphatic heterocycles. The second-order valence-corrected chi connectivity index (χ2v) is 11.1. The van der Waals surface area contributed by atoms with Gasteiger partial charge in [0.2, 0.25) is 23.6 Å². The molecule has 1 saturated carbocycles. The van der Waals surface area contributed by atoms with Gasteiger partial charge < -0.3 is 10.2 Å². The summed E-state index contributed by atoms with van der Waals surface area (Å²) in [6.45, 7) is 2.07. The third kappa shape index (κ3) is 6.37.